The first-order valence-corrected chi connectivity index (χ1v) is 10.2. The lowest BCUT2D eigenvalue weighted by Crippen LogP contribution is -2.38. The molecule has 0 amide bonds. The lowest BCUT2D eigenvalue weighted by atomic mass is 10.2. The van der Waals surface area contributed by atoms with Crippen LogP contribution in [0, 0.1) is 0 Å². The van der Waals surface area contributed by atoms with E-state index in [-0.39, 0.29) is 28.9 Å². The van der Waals surface area contributed by atoms with Gasteiger partial charge in [0.05, 0.1) is 4.90 Å². The van der Waals surface area contributed by atoms with Crippen LogP contribution in [0.1, 0.15) is 11.1 Å². The van der Waals surface area contributed by atoms with Crippen molar-refractivity contribution in [2.45, 2.75) is 18.0 Å². The van der Waals surface area contributed by atoms with Gasteiger partial charge in [-0.2, -0.15) is 0 Å². The minimum Gasteiger partial charge on any atom is -0.352 e. The largest absolute Gasteiger partial charge is 0.352 e. The molecule has 0 radical (unpaired) electrons. The molecule has 2 aromatic carbocycles. The second kappa shape index (κ2) is 11.0. The molecule has 0 atom stereocenters. The average molecular weight is 537 g/mol. The normalized spacial score (nSPS) is 11.9. The summed E-state index contributed by atoms with van der Waals surface area (Å²) in [6, 6.07) is 14.5. The number of hydrogen-bond donors (Lipinski definition) is 1. The first kappa shape index (κ1) is 24.7. The third-order valence-electron chi connectivity index (χ3n) is 4.03. The number of benzene rings is 2. The average Bonchev–Trinajstić information content (AvgIpc) is 2.62. The van der Waals surface area contributed by atoms with Gasteiger partial charge in [-0.25, -0.2) is 12.7 Å². The van der Waals surface area contributed by atoms with Crippen LogP contribution in [0.4, 0.5) is 0 Å². The fourth-order valence-corrected chi connectivity index (χ4v) is 3.65. The zero-order chi connectivity index (χ0) is 20.0. The van der Waals surface area contributed by atoms with Crippen molar-refractivity contribution >= 4 is 51.6 Å². The topological polar surface area (TPSA) is 65.0 Å². The molecule has 28 heavy (non-hydrogen) atoms. The highest BCUT2D eigenvalue weighted by atomic mass is 127. The Morgan fingerprint density at radius 2 is 1.71 bits per heavy atom. The van der Waals surface area contributed by atoms with Crippen molar-refractivity contribution < 1.29 is 8.42 Å². The van der Waals surface area contributed by atoms with E-state index >= 15 is 0 Å². The summed E-state index contributed by atoms with van der Waals surface area (Å²) in [6.45, 7) is 1.20. The first-order valence-electron chi connectivity index (χ1n) is 8.41. The Hall–Kier alpha value is -1.36. The number of nitrogens with one attached hydrogen (secondary N) is 1. The van der Waals surface area contributed by atoms with Crippen LogP contribution in [0.25, 0.3) is 0 Å². The summed E-state index contributed by atoms with van der Waals surface area (Å²) in [5.74, 6) is 0.736. The number of rotatable bonds is 6. The lowest BCUT2D eigenvalue weighted by molar-refractivity contribution is 0.476. The van der Waals surface area contributed by atoms with Gasteiger partial charge in [0.1, 0.15) is 0 Å². The van der Waals surface area contributed by atoms with Crippen LogP contribution in [-0.4, -0.2) is 51.8 Å². The second-order valence-electron chi connectivity index (χ2n) is 6.32. The van der Waals surface area contributed by atoms with Gasteiger partial charge in [0.2, 0.25) is 10.0 Å². The molecule has 0 aliphatic heterocycles. The molecule has 0 fully saturated rings. The van der Waals surface area contributed by atoms with E-state index in [9.17, 15) is 8.42 Å². The van der Waals surface area contributed by atoms with E-state index in [1.807, 2.05) is 36.2 Å². The maximum absolute atomic E-state index is 12.1. The molecule has 2 aromatic rings. The molecule has 1 N–H and O–H groups in total. The maximum Gasteiger partial charge on any atom is 0.242 e. The summed E-state index contributed by atoms with van der Waals surface area (Å²) in [5, 5.41) is 3.99. The highest BCUT2D eigenvalue weighted by molar-refractivity contribution is 14.0. The van der Waals surface area contributed by atoms with Crippen molar-refractivity contribution in [2.75, 3.05) is 28.2 Å². The summed E-state index contributed by atoms with van der Waals surface area (Å²) >= 11 is 6.04. The van der Waals surface area contributed by atoms with E-state index in [4.69, 9.17) is 11.6 Å². The second-order valence-corrected chi connectivity index (χ2v) is 8.91. The predicted octanol–water partition coefficient (Wildman–Crippen LogP) is 3.42. The van der Waals surface area contributed by atoms with Gasteiger partial charge in [-0.05, 0) is 35.4 Å². The number of guanidine groups is 1. The number of nitrogens with zero attached hydrogens (tertiary/aromatic N) is 3. The molecule has 0 aliphatic carbocycles. The number of hydrogen-bond acceptors (Lipinski definition) is 3. The van der Waals surface area contributed by atoms with Crippen molar-refractivity contribution in [3.8, 4) is 0 Å². The molecule has 154 valence electrons. The van der Waals surface area contributed by atoms with Crippen LogP contribution in [0.5, 0.6) is 0 Å². The van der Waals surface area contributed by atoms with Crippen molar-refractivity contribution in [2.24, 2.45) is 4.99 Å². The minimum atomic E-state index is -3.41. The molecular formula is C19H26ClIN4O2S. The van der Waals surface area contributed by atoms with Gasteiger partial charge >= 0.3 is 0 Å². The molecule has 6 nitrogen and oxygen atoms in total. The van der Waals surface area contributed by atoms with Crippen LogP contribution in [0.3, 0.4) is 0 Å². The van der Waals surface area contributed by atoms with Crippen LogP contribution in [0.2, 0.25) is 5.02 Å². The highest BCUT2D eigenvalue weighted by Gasteiger charge is 2.16. The summed E-state index contributed by atoms with van der Waals surface area (Å²) < 4.78 is 25.4. The van der Waals surface area contributed by atoms with Gasteiger partial charge in [0, 0.05) is 46.3 Å². The van der Waals surface area contributed by atoms with Crippen LogP contribution in [0.15, 0.2) is 58.4 Å². The molecule has 0 aliphatic rings. The Morgan fingerprint density at radius 1 is 1.07 bits per heavy atom. The number of aliphatic imine (C=N–C) groups is 1. The molecule has 0 spiro atoms. The standard InChI is InChI=1S/C19H25ClN4O2S.HI/c1-21-19(24(4)14-16-6-5-7-17(20)12-16)22-13-15-8-10-18(11-9-15)27(25,26)23(2)3;/h5-12H,13-14H2,1-4H3,(H,21,22);1H. The third-order valence-corrected chi connectivity index (χ3v) is 6.10. The summed E-state index contributed by atoms with van der Waals surface area (Å²) in [5.41, 5.74) is 2.05. The third kappa shape index (κ3) is 6.61. The van der Waals surface area contributed by atoms with Crippen LogP contribution >= 0.6 is 35.6 Å². The van der Waals surface area contributed by atoms with E-state index in [1.165, 1.54) is 18.4 Å². The molecule has 0 saturated carbocycles. The van der Waals surface area contributed by atoms with Gasteiger partial charge < -0.3 is 10.2 Å². The zero-order valence-electron chi connectivity index (χ0n) is 16.4. The molecule has 0 unspecified atom stereocenters. The Labute approximate surface area is 189 Å². The Balaban J connectivity index is 0.00000392. The van der Waals surface area contributed by atoms with Crippen molar-refractivity contribution in [1.82, 2.24) is 14.5 Å². The maximum atomic E-state index is 12.1. The molecule has 0 saturated heterocycles. The molecule has 9 heteroatoms. The summed E-state index contributed by atoms with van der Waals surface area (Å²) in [6.07, 6.45) is 0. The van der Waals surface area contributed by atoms with Crippen LogP contribution < -0.4 is 5.32 Å². The fraction of sp³-hybridized carbons (Fsp3) is 0.316. The molecule has 0 bridgehead atoms. The zero-order valence-corrected chi connectivity index (χ0v) is 20.3. The molecule has 0 heterocycles. The van der Waals surface area contributed by atoms with E-state index in [0.717, 1.165) is 17.1 Å². The molecule has 0 aromatic heterocycles. The number of halogens is 2. The lowest BCUT2D eigenvalue weighted by Gasteiger charge is -2.22. The Kier molecular flexibility index (Phi) is 9.68. The molecular weight excluding hydrogens is 511 g/mol. The van der Waals surface area contributed by atoms with Gasteiger partial charge in [-0.15, -0.1) is 24.0 Å². The van der Waals surface area contributed by atoms with Gasteiger partial charge in [0.25, 0.3) is 0 Å². The smallest absolute Gasteiger partial charge is 0.242 e. The predicted molar refractivity (Wildman–Crippen MR) is 126 cm³/mol. The molecule has 2 rings (SSSR count). The summed E-state index contributed by atoms with van der Waals surface area (Å²) in [4.78, 5) is 6.57. The summed E-state index contributed by atoms with van der Waals surface area (Å²) in [7, 11) is 3.30. The minimum absolute atomic E-state index is 0. The van der Waals surface area contributed by atoms with Gasteiger partial charge in [-0.3, -0.25) is 4.99 Å². The Morgan fingerprint density at radius 3 is 2.25 bits per heavy atom. The SMILES string of the molecule is CN=C(NCc1ccc(S(=O)(=O)N(C)C)cc1)N(C)Cc1cccc(Cl)c1.I. The van der Waals surface area contributed by atoms with Gasteiger partial charge in [0.15, 0.2) is 5.96 Å². The monoisotopic (exact) mass is 536 g/mol. The van der Waals surface area contributed by atoms with Crippen LogP contribution in [-0.2, 0) is 23.1 Å². The highest BCUT2D eigenvalue weighted by Crippen LogP contribution is 2.14. The van der Waals surface area contributed by atoms with Gasteiger partial charge in [-0.1, -0.05) is 35.9 Å². The van der Waals surface area contributed by atoms with E-state index in [0.29, 0.717) is 18.1 Å². The van der Waals surface area contributed by atoms with Crippen molar-refractivity contribution in [3.05, 3.63) is 64.7 Å². The van der Waals surface area contributed by atoms with E-state index in [1.54, 1.807) is 31.3 Å². The van der Waals surface area contributed by atoms with E-state index in [2.05, 4.69) is 10.3 Å². The first-order chi connectivity index (χ1) is 12.7. The quantitative estimate of drug-likeness (QED) is 0.349. The van der Waals surface area contributed by atoms with Crippen molar-refractivity contribution in [1.29, 1.82) is 0 Å². The van der Waals surface area contributed by atoms with Crippen molar-refractivity contribution in [3.63, 3.8) is 0 Å². The number of sulfonamides is 1. The fourth-order valence-electron chi connectivity index (χ4n) is 2.54. The van der Waals surface area contributed by atoms with E-state index < -0.39 is 10.0 Å². The Bertz CT molecular complexity index is 902.